The van der Waals surface area contributed by atoms with Gasteiger partial charge in [0, 0.05) is 33.5 Å². The van der Waals surface area contributed by atoms with Crippen molar-refractivity contribution in [3.8, 4) is 6.07 Å². The molecule has 0 unspecified atom stereocenters. The van der Waals surface area contributed by atoms with Crippen molar-refractivity contribution in [3.05, 3.63) is 57.0 Å². The van der Waals surface area contributed by atoms with Crippen LogP contribution in [0.25, 0.3) is 6.08 Å². The summed E-state index contributed by atoms with van der Waals surface area (Å²) in [6.07, 6.45) is 0.292. The van der Waals surface area contributed by atoms with Gasteiger partial charge in [-0.2, -0.15) is 23.4 Å². The molecule has 2 aromatic heterocycles. The van der Waals surface area contributed by atoms with Crippen LogP contribution in [0.2, 0.25) is 5.02 Å². The van der Waals surface area contributed by atoms with Crippen molar-refractivity contribution in [2.45, 2.75) is 6.18 Å². The second-order valence-electron chi connectivity index (χ2n) is 5.60. The first-order valence-electron chi connectivity index (χ1n) is 7.39. The molecule has 2 rings (SSSR count). The Morgan fingerprint density at radius 1 is 1.30 bits per heavy atom. The van der Waals surface area contributed by atoms with E-state index in [1.54, 1.807) is 31.3 Å². The number of nitriles is 1. The Kier molecular flexibility index (Phi) is 5.75. The molecule has 142 valence electrons. The standard InChI is InChI=1S/C16H14ClF3N6O/c1-24(2)5-4-13-11(7-21)15(27)23-9-26(13)25(3)14-12(17)6-10(8-22-14)16(18,19)20/h4-6,8-9H,1-3H3/b5-4+. The summed E-state index contributed by atoms with van der Waals surface area (Å²) in [4.78, 5) is 20.9. The SMILES string of the molecule is CN(C)/C=C/c1c(C#N)c(=O)ncn1N(C)c1ncc(C(F)(F)F)cc1Cl. The minimum atomic E-state index is -4.58. The minimum Gasteiger partial charge on any atom is -0.383 e. The molecule has 0 radical (unpaired) electrons. The van der Waals surface area contributed by atoms with E-state index in [0.717, 1.165) is 12.4 Å². The van der Waals surface area contributed by atoms with Gasteiger partial charge in [-0.25, -0.2) is 9.66 Å². The molecule has 0 amide bonds. The molecular weight excluding hydrogens is 385 g/mol. The van der Waals surface area contributed by atoms with E-state index in [4.69, 9.17) is 11.6 Å². The second-order valence-corrected chi connectivity index (χ2v) is 6.00. The zero-order chi connectivity index (χ0) is 20.4. The van der Waals surface area contributed by atoms with Crippen LogP contribution in [0.3, 0.4) is 0 Å². The van der Waals surface area contributed by atoms with Gasteiger partial charge in [0.25, 0.3) is 5.56 Å². The molecule has 0 aliphatic rings. The molecule has 0 bridgehead atoms. The summed E-state index contributed by atoms with van der Waals surface area (Å²) in [6.45, 7) is 0. The number of aromatic nitrogens is 3. The summed E-state index contributed by atoms with van der Waals surface area (Å²) in [5.41, 5.74) is -1.78. The molecule has 0 saturated heterocycles. The Morgan fingerprint density at radius 3 is 2.48 bits per heavy atom. The van der Waals surface area contributed by atoms with Crippen LogP contribution in [0.4, 0.5) is 19.0 Å². The lowest BCUT2D eigenvalue weighted by Gasteiger charge is -2.25. The Bertz CT molecular complexity index is 978. The normalized spacial score (nSPS) is 11.5. The lowest BCUT2D eigenvalue weighted by molar-refractivity contribution is -0.137. The van der Waals surface area contributed by atoms with Crippen LogP contribution in [0.1, 0.15) is 16.8 Å². The topological polar surface area (TPSA) is 78.0 Å². The number of nitrogens with zero attached hydrogens (tertiary/aromatic N) is 6. The molecule has 0 saturated carbocycles. The van der Waals surface area contributed by atoms with E-state index in [1.165, 1.54) is 22.8 Å². The average Bonchev–Trinajstić information content (AvgIpc) is 2.58. The summed E-state index contributed by atoms with van der Waals surface area (Å²) in [7, 11) is 4.94. The maximum Gasteiger partial charge on any atom is 0.417 e. The fourth-order valence-electron chi connectivity index (χ4n) is 2.11. The van der Waals surface area contributed by atoms with E-state index < -0.39 is 17.3 Å². The van der Waals surface area contributed by atoms with Gasteiger partial charge >= 0.3 is 6.18 Å². The predicted octanol–water partition coefficient (Wildman–Crippen LogP) is 2.61. The van der Waals surface area contributed by atoms with E-state index in [0.29, 0.717) is 6.20 Å². The van der Waals surface area contributed by atoms with Gasteiger partial charge in [-0.05, 0) is 12.1 Å². The summed E-state index contributed by atoms with van der Waals surface area (Å²) < 4.78 is 39.7. The highest BCUT2D eigenvalue weighted by Crippen LogP contribution is 2.33. The zero-order valence-electron chi connectivity index (χ0n) is 14.5. The monoisotopic (exact) mass is 398 g/mol. The van der Waals surface area contributed by atoms with Crippen LogP contribution in [0.5, 0.6) is 0 Å². The molecule has 0 aromatic carbocycles. The average molecular weight is 399 g/mol. The van der Waals surface area contributed by atoms with Gasteiger partial charge in [-0.15, -0.1) is 0 Å². The number of pyridine rings is 1. The highest BCUT2D eigenvalue weighted by Gasteiger charge is 2.32. The lowest BCUT2D eigenvalue weighted by atomic mass is 10.2. The van der Waals surface area contributed by atoms with Crippen molar-refractivity contribution in [1.29, 1.82) is 5.26 Å². The van der Waals surface area contributed by atoms with Crippen molar-refractivity contribution in [3.63, 3.8) is 0 Å². The maximum absolute atomic E-state index is 12.8. The molecule has 27 heavy (non-hydrogen) atoms. The van der Waals surface area contributed by atoms with Crippen LogP contribution >= 0.6 is 11.6 Å². The third-order valence-electron chi connectivity index (χ3n) is 3.42. The third kappa shape index (κ3) is 4.38. The van der Waals surface area contributed by atoms with Crippen molar-refractivity contribution in [2.75, 3.05) is 26.2 Å². The molecule has 2 heterocycles. The van der Waals surface area contributed by atoms with Crippen molar-refractivity contribution < 1.29 is 13.2 Å². The van der Waals surface area contributed by atoms with Gasteiger partial charge < -0.3 is 4.90 Å². The van der Waals surface area contributed by atoms with E-state index in [9.17, 15) is 23.2 Å². The quantitative estimate of drug-likeness (QED) is 0.787. The highest BCUT2D eigenvalue weighted by molar-refractivity contribution is 6.33. The summed E-state index contributed by atoms with van der Waals surface area (Å²) in [5, 5.41) is 10.3. The van der Waals surface area contributed by atoms with E-state index in [-0.39, 0.29) is 22.1 Å². The Morgan fingerprint density at radius 2 is 1.96 bits per heavy atom. The maximum atomic E-state index is 12.8. The zero-order valence-corrected chi connectivity index (χ0v) is 15.2. The first-order valence-corrected chi connectivity index (χ1v) is 7.77. The minimum absolute atomic E-state index is 0.0153. The molecule has 0 fully saturated rings. The van der Waals surface area contributed by atoms with E-state index >= 15 is 0 Å². The number of hydrogen-bond acceptors (Lipinski definition) is 6. The summed E-state index contributed by atoms with van der Waals surface area (Å²) >= 11 is 5.97. The molecule has 0 aliphatic heterocycles. The third-order valence-corrected chi connectivity index (χ3v) is 3.70. The fourth-order valence-corrected chi connectivity index (χ4v) is 2.40. The van der Waals surface area contributed by atoms with Crippen molar-refractivity contribution >= 4 is 23.5 Å². The van der Waals surface area contributed by atoms with Gasteiger partial charge in [-0.1, -0.05) is 11.6 Å². The molecular formula is C16H14ClF3N6O. The summed E-state index contributed by atoms with van der Waals surface area (Å²) in [6, 6.07) is 2.53. The number of halogens is 4. The molecule has 2 aromatic rings. The molecule has 0 aliphatic carbocycles. The van der Waals surface area contributed by atoms with Crippen LogP contribution in [-0.4, -0.2) is 40.7 Å². The lowest BCUT2D eigenvalue weighted by Crippen LogP contribution is -2.32. The number of hydrogen-bond donors (Lipinski definition) is 0. The van der Waals surface area contributed by atoms with E-state index in [1.807, 2.05) is 0 Å². The predicted molar refractivity (Wildman–Crippen MR) is 94.0 cm³/mol. The fraction of sp³-hybridized carbons (Fsp3) is 0.250. The van der Waals surface area contributed by atoms with Gasteiger partial charge in [0.05, 0.1) is 16.3 Å². The molecule has 7 nitrogen and oxygen atoms in total. The van der Waals surface area contributed by atoms with Crippen molar-refractivity contribution in [1.82, 2.24) is 19.5 Å². The molecule has 0 spiro atoms. The smallest absolute Gasteiger partial charge is 0.383 e. The van der Waals surface area contributed by atoms with Crippen LogP contribution in [0.15, 0.2) is 29.6 Å². The summed E-state index contributed by atoms with van der Waals surface area (Å²) in [5.74, 6) is -0.0153. The van der Waals surface area contributed by atoms with Crippen LogP contribution < -0.4 is 10.6 Å². The number of alkyl halides is 3. The van der Waals surface area contributed by atoms with Crippen LogP contribution in [0, 0.1) is 11.3 Å². The first-order chi connectivity index (χ1) is 12.6. The molecule has 0 N–H and O–H groups in total. The second kappa shape index (κ2) is 7.67. The Hall–Kier alpha value is -3.06. The van der Waals surface area contributed by atoms with Gasteiger partial charge in [0.1, 0.15) is 18.0 Å². The highest BCUT2D eigenvalue weighted by atomic mass is 35.5. The van der Waals surface area contributed by atoms with Crippen LogP contribution in [-0.2, 0) is 6.18 Å². The van der Waals surface area contributed by atoms with E-state index in [2.05, 4.69) is 9.97 Å². The molecule has 11 heteroatoms. The first kappa shape index (κ1) is 20.3. The number of rotatable bonds is 4. The molecule has 0 atom stereocenters. The Labute approximate surface area is 157 Å². The number of anilines is 1. The Balaban J connectivity index is 2.61. The van der Waals surface area contributed by atoms with Gasteiger partial charge in [0.15, 0.2) is 5.82 Å². The van der Waals surface area contributed by atoms with Crippen molar-refractivity contribution in [2.24, 2.45) is 0 Å². The van der Waals surface area contributed by atoms with Gasteiger partial charge in [0.2, 0.25) is 0 Å². The largest absolute Gasteiger partial charge is 0.417 e. The van der Waals surface area contributed by atoms with Gasteiger partial charge in [-0.3, -0.25) is 9.80 Å².